The maximum Gasteiger partial charge on any atom is 0.0519 e. The number of pyridine rings is 1. The average Bonchev–Trinajstić information content (AvgIpc) is 2.99. The Morgan fingerprint density at radius 3 is 3.11 bits per heavy atom. The standard InChI is InChI=1S/C14H18N4/c1-11-7-16-17-14(11)13-4-6-18(10-13)9-12-3-2-5-15-8-12/h2-3,5,7-8,13H,4,6,9-10H2,1H3,(H,16,17)/t13-/m1/s1. The van der Waals surface area contributed by atoms with Gasteiger partial charge in [-0.25, -0.2) is 0 Å². The molecule has 0 radical (unpaired) electrons. The first-order valence-electron chi connectivity index (χ1n) is 6.44. The Kier molecular flexibility index (Phi) is 3.11. The highest BCUT2D eigenvalue weighted by molar-refractivity contribution is 5.20. The number of rotatable bonds is 3. The van der Waals surface area contributed by atoms with Crippen LogP contribution in [0.25, 0.3) is 0 Å². The van der Waals surface area contributed by atoms with Gasteiger partial charge in [-0.3, -0.25) is 15.0 Å². The van der Waals surface area contributed by atoms with Crippen molar-refractivity contribution >= 4 is 0 Å². The van der Waals surface area contributed by atoms with E-state index in [4.69, 9.17) is 0 Å². The van der Waals surface area contributed by atoms with Gasteiger partial charge >= 0.3 is 0 Å². The van der Waals surface area contributed by atoms with Gasteiger partial charge in [-0.1, -0.05) is 6.07 Å². The zero-order valence-electron chi connectivity index (χ0n) is 10.6. The first-order chi connectivity index (χ1) is 8.83. The summed E-state index contributed by atoms with van der Waals surface area (Å²) in [7, 11) is 0. The molecule has 0 aliphatic carbocycles. The molecule has 3 heterocycles. The van der Waals surface area contributed by atoms with Crippen LogP contribution < -0.4 is 0 Å². The van der Waals surface area contributed by atoms with E-state index in [9.17, 15) is 0 Å². The quantitative estimate of drug-likeness (QED) is 0.896. The SMILES string of the molecule is Cc1cn[nH]c1[C@@H]1CCN(Cc2cccnc2)C1. The van der Waals surface area contributed by atoms with Gasteiger partial charge in [-0.2, -0.15) is 5.10 Å². The lowest BCUT2D eigenvalue weighted by Gasteiger charge is -2.15. The molecule has 1 N–H and O–H groups in total. The van der Waals surface area contributed by atoms with E-state index in [2.05, 4.69) is 33.1 Å². The van der Waals surface area contributed by atoms with Crippen molar-refractivity contribution in [1.29, 1.82) is 0 Å². The number of likely N-dealkylation sites (tertiary alicyclic amines) is 1. The summed E-state index contributed by atoms with van der Waals surface area (Å²) in [5.41, 5.74) is 3.88. The lowest BCUT2D eigenvalue weighted by atomic mass is 10.0. The van der Waals surface area contributed by atoms with Crippen molar-refractivity contribution in [3.05, 3.63) is 47.5 Å². The summed E-state index contributed by atoms with van der Waals surface area (Å²) in [6, 6.07) is 4.14. The summed E-state index contributed by atoms with van der Waals surface area (Å²) in [5.74, 6) is 0.601. The van der Waals surface area contributed by atoms with Gasteiger partial charge in [0.15, 0.2) is 0 Å². The van der Waals surface area contributed by atoms with E-state index < -0.39 is 0 Å². The summed E-state index contributed by atoms with van der Waals surface area (Å²) >= 11 is 0. The smallest absolute Gasteiger partial charge is 0.0519 e. The minimum absolute atomic E-state index is 0.601. The van der Waals surface area contributed by atoms with Gasteiger partial charge in [0.2, 0.25) is 0 Å². The van der Waals surface area contributed by atoms with E-state index in [-0.39, 0.29) is 0 Å². The number of hydrogen-bond donors (Lipinski definition) is 1. The fourth-order valence-electron chi connectivity index (χ4n) is 2.73. The highest BCUT2D eigenvalue weighted by Crippen LogP contribution is 2.28. The molecular formula is C14H18N4. The fraction of sp³-hybridized carbons (Fsp3) is 0.429. The van der Waals surface area contributed by atoms with Crippen LogP contribution in [-0.2, 0) is 6.54 Å². The van der Waals surface area contributed by atoms with E-state index in [1.807, 2.05) is 24.7 Å². The Labute approximate surface area is 107 Å². The normalized spacial score (nSPS) is 20.4. The van der Waals surface area contributed by atoms with Gasteiger partial charge in [0.25, 0.3) is 0 Å². The van der Waals surface area contributed by atoms with Crippen LogP contribution in [0.2, 0.25) is 0 Å². The van der Waals surface area contributed by atoms with E-state index >= 15 is 0 Å². The Morgan fingerprint density at radius 2 is 2.39 bits per heavy atom. The third-order valence-electron chi connectivity index (χ3n) is 3.68. The molecule has 0 spiro atoms. The molecule has 2 aromatic heterocycles. The predicted molar refractivity (Wildman–Crippen MR) is 70.2 cm³/mol. The molecule has 0 aromatic carbocycles. The summed E-state index contributed by atoms with van der Waals surface area (Å²) in [6.07, 6.45) is 6.90. The Hall–Kier alpha value is -1.68. The van der Waals surface area contributed by atoms with E-state index in [0.29, 0.717) is 5.92 Å². The Bertz CT molecular complexity index is 506. The van der Waals surface area contributed by atoms with Crippen molar-refractivity contribution in [2.45, 2.75) is 25.8 Å². The molecule has 4 heteroatoms. The molecule has 0 unspecified atom stereocenters. The Balaban J connectivity index is 1.64. The number of aromatic nitrogens is 3. The van der Waals surface area contributed by atoms with Gasteiger partial charge in [-0.15, -0.1) is 0 Å². The maximum atomic E-state index is 4.17. The second kappa shape index (κ2) is 4.90. The van der Waals surface area contributed by atoms with Gasteiger partial charge < -0.3 is 0 Å². The van der Waals surface area contributed by atoms with Crippen LogP contribution in [0.15, 0.2) is 30.7 Å². The van der Waals surface area contributed by atoms with Crippen molar-refractivity contribution in [2.24, 2.45) is 0 Å². The molecule has 2 aromatic rings. The number of H-pyrrole nitrogens is 1. The summed E-state index contributed by atoms with van der Waals surface area (Å²) in [6.45, 7) is 5.39. The number of aromatic amines is 1. The van der Waals surface area contributed by atoms with Gasteiger partial charge in [0.1, 0.15) is 0 Å². The fourth-order valence-corrected chi connectivity index (χ4v) is 2.73. The summed E-state index contributed by atoms with van der Waals surface area (Å²) < 4.78 is 0. The van der Waals surface area contributed by atoms with Crippen LogP contribution in [0, 0.1) is 6.92 Å². The maximum absolute atomic E-state index is 4.17. The number of nitrogens with zero attached hydrogens (tertiary/aromatic N) is 3. The van der Waals surface area contributed by atoms with E-state index in [0.717, 1.165) is 19.6 Å². The minimum Gasteiger partial charge on any atom is -0.298 e. The third-order valence-corrected chi connectivity index (χ3v) is 3.68. The van der Waals surface area contributed by atoms with E-state index in [1.165, 1.54) is 23.2 Å². The number of nitrogens with one attached hydrogen (secondary N) is 1. The molecule has 0 bridgehead atoms. The third kappa shape index (κ3) is 2.29. The molecule has 1 atom stereocenters. The van der Waals surface area contributed by atoms with Gasteiger partial charge in [-0.05, 0) is 37.1 Å². The molecule has 0 saturated carbocycles. The van der Waals surface area contributed by atoms with Crippen molar-refractivity contribution < 1.29 is 0 Å². The molecule has 1 fully saturated rings. The summed E-state index contributed by atoms with van der Waals surface area (Å²) in [5, 5.41) is 7.26. The second-order valence-corrected chi connectivity index (χ2v) is 5.05. The first kappa shape index (κ1) is 11.4. The molecule has 4 nitrogen and oxygen atoms in total. The van der Waals surface area contributed by atoms with Gasteiger partial charge in [0, 0.05) is 37.1 Å². The zero-order valence-corrected chi connectivity index (χ0v) is 10.6. The predicted octanol–water partition coefficient (Wildman–Crippen LogP) is 2.10. The molecule has 1 saturated heterocycles. The zero-order chi connectivity index (χ0) is 12.4. The molecule has 3 rings (SSSR count). The topological polar surface area (TPSA) is 44.8 Å². The largest absolute Gasteiger partial charge is 0.298 e. The summed E-state index contributed by atoms with van der Waals surface area (Å²) in [4.78, 5) is 6.65. The molecule has 18 heavy (non-hydrogen) atoms. The van der Waals surface area contributed by atoms with Crippen LogP contribution in [0.4, 0.5) is 0 Å². The van der Waals surface area contributed by atoms with E-state index in [1.54, 1.807) is 0 Å². The number of aryl methyl sites for hydroxylation is 1. The lowest BCUT2D eigenvalue weighted by molar-refractivity contribution is 0.326. The molecular weight excluding hydrogens is 224 g/mol. The van der Waals surface area contributed by atoms with Crippen LogP contribution in [0.5, 0.6) is 0 Å². The molecule has 94 valence electrons. The van der Waals surface area contributed by atoms with Crippen LogP contribution in [0.3, 0.4) is 0 Å². The monoisotopic (exact) mass is 242 g/mol. The van der Waals surface area contributed by atoms with Crippen molar-refractivity contribution in [1.82, 2.24) is 20.1 Å². The van der Waals surface area contributed by atoms with Crippen LogP contribution in [-0.4, -0.2) is 33.2 Å². The van der Waals surface area contributed by atoms with Crippen LogP contribution >= 0.6 is 0 Å². The lowest BCUT2D eigenvalue weighted by Crippen LogP contribution is -2.20. The van der Waals surface area contributed by atoms with Gasteiger partial charge in [0.05, 0.1) is 6.20 Å². The van der Waals surface area contributed by atoms with Crippen molar-refractivity contribution in [2.75, 3.05) is 13.1 Å². The molecule has 0 amide bonds. The van der Waals surface area contributed by atoms with Crippen molar-refractivity contribution in [3.8, 4) is 0 Å². The van der Waals surface area contributed by atoms with Crippen molar-refractivity contribution in [3.63, 3.8) is 0 Å². The highest BCUT2D eigenvalue weighted by Gasteiger charge is 2.25. The minimum atomic E-state index is 0.601. The molecule has 1 aliphatic heterocycles. The number of hydrogen-bond acceptors (Lipinski definition) is 3. The van der Waals surface area contributed by atoms with Crippen LogP contribution in [0.1, 0.15) is 29.2 Å². The highest BCUT2D eigenvalue weighted by atomic mass is 15.2. The average molecular weight is 242 g/mol. The first-order valence-corrected chi connectivity index (χ1v) is 6.44. The second-order valence-electron chi connectivity index (χ2n) is 5.05. The Morgan fingerprint density at radius 1 is 1.44 bits per heavy atom. The molecule has 1 aliphatic rings.